The maximum atomic E-state index is 11.7. The van der Waals surface area contributed by atoms with Gasteiger partial charge in [0, 0.05) is 44.6 Å². The van der Waals surface area contributed by atoms with Crippen LogP contribution in [0.5, 0.6) is 0 Å². The molecule has 5 heteroatoms. The summed E-state index contributed by atoms with van der Waals surface area (Å²) in [6.45, 7) is 7.22. The second-order valence-corrected chi connectivity index (χ2v) is 5.26. The summed E-state index contributed by atoms with van der Waals surface area (Å²) in [5, 5.41) is 3.36. The number of imidazole rings is 1. The van der Waals surface area contributed by atoms with Crippen LogP contribution in [0.25, 0.3) is 5.69 Å². The Kier molecular flexibility index (Phi) is 3.71. The summed E-state index contributed by atoms with van der Waals surface area (Å²) < 4.78 is 1.69. The van der Waals surface area contributed by atoms with Gasteiger partial charge in [0.25, 0.3) is 0 Å². The molecule has 5 nitrogen and oxygen atoms in total. The zero-order valence-electron chi connectivity index (χ0n) is 11.7. The first-order valence-electron chi connectivity index (χ1n) is 7.03. The number of nitrogens with one attached hydrogen (secondary N) is 2. The summed E-state index contributed by atoms with van der Waals surface area (Å²) >= 11 is 0. The van der Waals surface area contributed by atoms with E-state index in [9.17, 15) is 4.79 Å². The SMILES string of the molecule is Cc1c[nH]c(=O)n1-c1ccc(CN2CCNCC2)cc1. The highest BCUT2D eigenvalue weighted by Gasteiger charge is 2.10. The molecule has 20 heavy (non-hydrogen) atoms. The van der Waals surface area contributed by atoms with E-state index >= 15 is 0 Å². The van der Waals surface area contributed by atoms with E-state index in [1.54, 1.807) is 10.8 Å². The molecular weight excluding hydrogens is 252 g/mol. The number of aromatic nitrogens is 2. The van der Waals surface area contributed by atoms with Gasteiger partial charge < -0.3 is 10.3 Å². The summed E-state index contributed by atoms with van der Waals surface area (Å²) in [5.41, 5.74) is 3.04. The van der Waals surface area contributed by atoms with Crippen molar-refractivity contribution in [1.82, 2.24) is 19.8 Å². The number of hydrogen-bond acceptors (Lipinski definition) is 3. The highest BCUT2D eigenvalue weighted by molar-refractivity contribution is 5.36. The van der Waals surface area contributed by atoms with Crippen molar-refractivity contribution in [3.8, 4) is 5.69 Å². The van der Waals surface area contributed by atoms with Crippen molar-refractivity contribution >= 4 is 0 Å². The van der Waals surface area contributed by atoms with Gasteiger partial charge in [-0.1, -0.05) is 12.1 Å². The molecule has 1 aliphatic rings. The van der Waals surface area contributed by atoms with Gasteiger partial charge in [-0.25, -0.2) is 4.79 Å². The summed E-state index contributed by atoms with van der Waals surface area (Å²) in [6, 6.07) is 8.24. The fraction of sp³-hybridized carbons (Fsp3) is 0.400. The molecule has 0 bridgehead atoms. The molecule has 0 amide bonds. The lowest BCUT2D eigenvalue weighted by Gasteiger charge is -2.27. The van der Waals surface area contributed by atoms with E-state index in [1.165, 1.54) is 5.56 Å². The second kappa shape index (κ2) is 5.64. The summed E-state index contributed by atoms with van der Waals surface area (Å²) in [7, 11) is 0. The Morgan fingerprint density at radius 1 is 1.15 bits per heavy atom. The first-order chi connectivity index (χ1) is 9.74. The predicted octanol–water partition coefficient (Wildman–Crippen LogP) is 0.879. The molecule has 0 spiro atoms. The maximum Gasteiger partial charge on any atom is 0.330 e. The number of nitrogens with zero attached hydrogens (tertiary/aromatic N) is 2. The molecule has 0 atom stereocenters. The number of piperazine rings is 1. The molecule has 2 aromatic rings. The highest BCUT2D eigenvalue weighted by atomic mass is 16.1. The minimum Gasteiger partial charge on any atom is -0.314 e. The standard InChI is InChI=1S/C15H20N4O/c1-12-10-17-15(20)19(12)14-4-2-13(3-5-14)11-18-8-6-16-7-9-18/h2-5,10,16H,6-9,11H2,1H3,(H,17,20). The maximum absolute atomic E-state index is 11.7. The smallest absolute Gasteiger partial charge is 0.314 e. The van der Waals surface area contributed by atoms with Gasteiger partial charge in [0.2, 0.25) is 0 Å². The normalized spacial score (nSPS) is 16.4. The van der Waals surface area contributed by atoms with E-state index in [2.05, 4.69) is 27.3 Å². The van der Waals surface area contributed by atoms with Crippen molar-refractivity contribution in [3.05, 3.63) is 52.2 Å². The number of hydrogen-bond donors (Lipinski definition) is 2. The van der Waals surface area contributed by atoms with Crippen molar-refractivity contribution < 1.29 is 0 Å². The van der Waals surface area contributed by atoms with Crippen LogP contribution in [-0.2, 0) is 6.54 Å². The summed E-state index contributed by atoms with van der Waals surface area (Å²) in [5.74, 6) is 0. The lowest BCUT2D eigenvalue weighted by Crippen LogP contribution is -2.42. The average molecular weight is 272 g/mol. The minimum atomic E-state index is -0.0858. The van der Waals surface area contributed by atoms with Crippen LogP contribution in [0.1, 0.15) is 11.3 Å². The van der Waals surface area contributed by atoms with Crippen LogP contribution < -0.4 is 11.0 Å². The summed E-state index contributed by atoms with van der Waals surface area (Å²) in [6.07, 6.45) is 1.73. The minimum absolute atomic E-state index is 0.0858. The van der Waals surface area contributed by atoms with Crippen molar-refractivity contribution in [2.45, 2.75) is 13.5 Å². The molecule has 1 aliphatic heterocycles. The second-order valence-electron chi connectivity index (χ2n) is 5.26. The van der Waals surface area contributed by atoms with E-state index in [1.807, 2.05) is 19.1 Å². The monoisotopic (exact) mass is 272 g/mol. The lowest BCUT2D eigenvalue weighted by atomic mass is 10.2. The van der Waals surface area contributed by atoms with Crippen LogP contribution in [0.4, 0.5) is 0 Å². The Hall–Kier alpha value is -1.85. The van der Waals surface area contributed by atoms with Crippen LogP contribution in [0.15, 0.2) is 35.3 Å². The largest absolute Gasteiger partial charge is 0.330 e. The molecule has 1 aromatic heterocycles. The number of aromatic amines is 1. The van der Waals surface area contributed by atoms with Crippen LogP contribution in [0, 0.1) is 6.92 Å². The molecule has 0 saturated carbocycles. The van der Waals surface area contributed by atoms with E-state index in [4.69, 9.17) is 0 Å². The van der Waals surface area contributed by atoms with Crippen molar-refractivity contribution in [3.63, 3.8) is 0 Å². The zero-order chi connectivity index (χ0) is 13.9. The van der Waals surface area contributed by atoms with Crippen LogP contribution in [0.3, 0.4) is 0 Å². The van der Waals surface area contributed by atoms with Gasteiger partial charge in [-0.05, 0) is 24.6 Å². The quantitative estimate of drug-likeness (QED) is 0.872. The fourth-order valence-electron chi connectivity index (χ4n) is 2.65. The van der Waals surface area contributed by atoms with E-state index in [-0.39, 0.29) is 5.69 Å². The molecule has 2 N–H and O–H groups in total. The number of rotatable bonds is 3. The number of aryl methyl sites for hydroxylation is 1. The molecule has 1 saturated heterocycles. The molecule has 1 aromatic carbocycles. The fourth-order valence-corrected chi connectivity index (χ4v) is 2.65. The molecular formula is C15H20N4O. The molecule has 1 fully saturated rings. The van der Waals surface area contributed by atoms with Gasteiger partial charge in [-0.2, -0.15) is 0 Å². The van der Waals surface area contributed by atoms with E-state index < -0.39 is 0 Å². The van der Waals surface area contributed by atoms with Gasteiger partial charge >= 0.3 is 5.69 Å². The van der Waals surface area contributed by atoms with Gasteiger partial charge in [0.05, 0.1) is 5.69 Å². The topological polar surface area (TPSA) is 53.1 Å². The Morgan fingerprint density at radius 2 is 1.85 bits per heavy atom. The van der Waals surface area contributed by atoms with E-state index in [0.717, 1.165) is 44.1 Å². The van der Waals surface area contributed by atoms with E-state index in [0.29, 0.717) is 0 Å². The molecule has 0 radical (unpaired) electrons. The third-order valence-corrected chi connectivity index (χ3v) is 3.77. The lowest BCUT2D eigenvalue weighted by molar-refractivity contribution is 0.233. The molecule has 106 valence electrons. The number of H-pyrrole nitrogens is 1. The third-order valence-electron chi connectivity index (χ3n) is 3.77. The Bertz CT molecular complexity index is 620. The van der Waals surface area contributed by atoms with Crippen molar-refractivity contribution in [2.75, 3.05) is 26.2 Å². The third kappa shape index (κ3) is 2.69. The van der Waals surface area contributed by atoms with Crippen molar-refractivity contribution in [2.24, 2.45) is 0 Å². The first-order valence-corrected chi connectivity index (χ1v) is 7.03. The predicted molar refractivity (Wildman–Crippen MR) is 79.3 cm³/mol. The highest BCUT2D eigenvalue weighted by Crippen LogP contribution is 2.12. The van der Waals surface area contributed by atoms with Crippen LogP contribution in [-0.4, -0.2) is 40.6 Å². The Morgan fingerprint density at radius 3 is 2.45 bits per heavy atom. The van der Waals surface area contributed by atoms with Gasteiger partial charge in [-0.3, -0.25) is 9.47 Å². The number of benzene rings is 1. The zero-order valence-corrected chi connectivity index (χ0v) is 11.7. The Balaban J connectivity index is 1.76. The average Bonchev–Trinajstić information content (AvgIpc) is 2.81. The summed E-state index contributed by atoms with van der Waals surface area (Å²) in [4.78, 5) is 16.9. The molecule has 0 aliphatic carbocycles. The van der Waals surface area contributed by atoms with Crippen molar-refractivity contribution in [1.29, 1.82) is 0 Å². The molecule has 2 heterocycles. The molecule has 3 rings (SSSR count). The first kappa shape index (κ1) is 13.1. The van der Waals surface area contributed by atoms with Crippen LogP contribution >= 0.6 is 0 Å². The Labute approximate surface area is 118 Å². The molecule has 0 unspecified atom stereocenters. The van der Waals surface area contributed by atoms with Gasteiger partial charge in [0.1, 0.15) is 0 Å². The van der Waals surface area contributed by atoms with Gasteiger partial charge in [-0.15, -0.1) is 0 Å². The van der Waals surface area contributed by atoms with Gasteiger partial charge in [0.15, 0.2) is 0 Å². The van der Waals surface area contributed by atoms with Crippen LogP contribution in [0.2, 0.25) is 0 Å².